The zero-order valence-electron chi connectivity index (χ0n) is 12.9. The second kappa shape index (κ2) is 7.61. The van der Waals surface area contributed by atoms with E-state index in [1.54, 1.807) is 0 Å². The molecule has 1 unspecified atom stereocenters. The lowest BCUT2D eigenvalue weighted by molar-refractivity contribution is -0.141. The molecule has 124 valence electrons. The normalized spacial score (nSPS) is 27.3. The lowest BCUT2D eigenvalue weighted by Crippen LogP contribution is -2.45. The van der Waals surface area contributed by atoms with Crippen molar-refractivity contribution in [3.63, 3.8) is 0 Å². The molecule has 2 saturated carbocycles. The van der Waals surface area contributed by atoms with Crippen LogP contribution in [0.2, 0.25) is 0 Å². The van der Waals surface area contributed by atoms with Crippen LogP contribution in [0.15, 0.2) is 0 Å². The molecule has 6 heteroatoms. The van der Waals surface area contributed by atoms with Gasteiger partial charge in [0, 0.05) is 18.4 Å². The van der Waals surface area contributed by atoms with Gasteiger partial charge in [-0.3, -0.25) is 14.4 Å². The van der Waals surface area contributed by atoms with Crippen LogP contribution in [0.3, 0.4) is 0 Å². The van der Waals surface area contributed by atoms with Crippen LogP contribution < -0.4 is 11.1 Å². The Hall–Kier alpha value is -1.59. The summed E-state index contributed by atoms with van der Waals surface area (Å²) in [5, 5.41) is 12.0. The molecule has 0 aliphatic heterocycles. The average Bonchev–Trinajstić information content (AvgIpc) is 2.97. The standard InChI is InChI=1S/C16H26N2O4/c17-14(19)9-13(10-4-2-1-3-5-10)18-15(20)11-6-7-12(8-11)16(21)22/h10-13H,1-9H2,(H2,17,19)(H,18,20)(H,21,22)/t11-,12+,13?/m1/s1. The Morgan fingerprint density at radius 2 is 1.68 bits per heavy atom. The molecule has 4 N–H and O–H groups in total. The fraction of sp³-hybridized carbons (Fsp3) is 0.812. The maximum atomic E-state index is 12.4. The van der Waals surface area contributed by atoms with Gasteiger partial charge in [-0.15, -0.1) is 0 Å². The Kier molecular flexibility index (Phi) is 5.80. The predicted molar refractivity (Wildman–Crippen MR) is 80.8 cm³/mol. The molecule has 0 radical (unpaired) electrons. The summed E-state index contributed by atoms with van der Waals surface area (Å²) in [6, 6.07) is -0.200. The van der Waals surface area contributed by atoms with Gasteiger partial charge >= 0.3 is 5.97 Å². The highest BCUT2D eigenvalue weighted by atomic mass is 16.4. The van der Waals surface area contributed by atoms with Crippen molar-refractivity contribution in [2.75, 3.05) is 0 Å². The SMILES string of the molecule is NC(=O)CC(NC(=O)[C@@H]1CC[C@H](C(=O)O)C1)C1CCCCC1. The van der Waals surface area contributed by atoms with Crippen molar-refractivity contribution in [1.29, 1.82) is 0 Å². The molecule has 0 aromatic carbocycles. The first-order chi connectivity index (χ1) is 10.5. The van der Waals surface area contributed by atoms with Crippen molar-refractivity contribution in [2.45, 2.75) is 63.8 Å². The maximum Gasteiger partial charge on any atom is 0.306 e. The van der Waals surface area contributed by atoms with Crippen LogP contribution in [0.4, 0.5) is 0 Å². The molecule has 0 bridgehead atoms. The second-order valence-corrected chi connectivity index (χ2v) is 6.73. The minimum absolute atomic E-state index is 0.111. The summed E-state index contributed by atoms with van der Waals surface area (Å²) >= 11 is 0. The third-order valence-electron chi connectivity index (χ3n) is 5.12. The van der Waals surface area contributed by atoms with Gasteiger partial charge in [-0.05, 0) is 38.0 Å². The summed E-state index contributed by atoms with van der Waals surface area (Å²) in [5.41, 5.74) is 5.32. The second-order valence-electron chi connectivity index (χ2n) is 6.73. The number of nitrogens with two attached hydrogens (primary N) is 1. The number of rotatable bonds is 6. The number of carboxylic acids is 1. The van der Waals surface area contributed by atoms with Crippen molar-refractivity contribution in [1.82, 2.24) is 5.32 Å². The van der Waals surface area contributed by atoms with Gasteiger partial charge in [0.2, 0.25) is 11.8 Å². The first-order valence-corrected chi connectivity index (χ1v) is 8.29. The zero-order chi connectivity index (χ0) is 16.1. The Labute approximate surface area is 130 Å². The highest BCUT2D eigenvalue weighted by Crippen LogP contribution is 2.32. The average molecular weight is 310 g/mol. The fourth-order valence-electron chi connectivity index (χ4n) is 3.83. The zero-order valence-corrected chi connectivity index (χ0v) is 12.9. The molecule has 2 aliphatic carbocycles. The molecule has 22 heavy (non-hydrogen) atoms. The topological polar surface area (TPSA) is 109 Å². The summed E-state index contributed by atoms with van der Waals surface area (Å²) in [4.78, 5) is 34.7. The first kappa shape index (κ1) is 16.8. The number of aliphatic carboxylic acids is 1. The summed E-state index contributed by atoms with van der Waals surface area (Å²) in [6.07, 6.45) is 7.22. The van der Waals surface area contributed by atoms with Crippen LogP contribution in [0.25, 0.3) is 0 Å². The van der Waals surface area contributed by atoms with Gasteiger partial charge in [-0.2, -0.15) is 0 Å². The van der Waals surface area contributed by atoms with E-state index in [4.69, 9.17) is 10.8 Å². The molecular weight excluding hydrogens is 284 g/mol. The molecule has 0 aromatic heterocycles. The van der Waals surface area contributed by atoms with E-state index < -0.39 is 17.8 Å². The van der Waals surface area contributed by atoms with Crippen LogP contribution in [0.5, 0.6) is 0 Å². The molecule has 0 aromatic rings. The van der Waals surface area contributed by atoms with Gasteiger partial charge in [0.15, 0.2) is 0 Å². The van der Waals surface area contributed by atoms with Crippen molar-refractivity contribution < 1.29 is 19.5 Å². The third-order valence-corrected chi connectivity index (χ3v) is 5.12. The molecule has 0 heterocycles. The molecule has 2 aliphatic rings. The minimum atomic E-state index is -0.823. The summed E-state index contributed by atoms with van der Waals surface area (Å²) in [6.45, 7) is 0. The highest BCUT2D eigenvalue weighted by molar-refractivity contribution is 5.82. The van der Waals surface area contributed by atoms with Crippen LogP contribution in [0, 0.1) is 17.8 Å². The number of nitrogens with one attached hydrogen (secondary N) is 1. The largest absolute Gasteiger partial charge is 0.481 e. The monoisotopic (exact) mass is 310 g/mol. The molecule has 0 saturated heterocycles. The number of carbonyl (C=O) groups is 3. The molecule has 3 atom stereocenters. The van der Waals surface area contributed by atoms with Crippen molar-refractivity contribution in [3.05, 3.63) is 0 Å². The number of hydrogen-bond acceptors (Lipinski definition) is 3. The number of carboxylic acid groups (broad SMARTS) is 1. The minimum Gasteiger partial charge on any atom is -0.481 e. The van der Waals surface area contributed by atoms with E-state index >= 15 is 0 Å². The summed E-state index contributed by atoms with van der Waals surface area (Å²) in [7, 11) is 0. The predicted octanol–water partition coefficient (Wildman–Crippen LogP) is 1.43. The molecule has 0 spiro atoms. The van der Waals surface area contributed by atoms with Gasteiger partial charge < -0.3 is 16.2 Å². The summed E-state index contributed by atoms with van der Waals surface area (Å²) < 4.78 is 0. The quantitative estimate of drug-likeness (QED) is 0.689. The Bertz CT molecular complexity index is 432. The number of hydrogen-bond donors (Lipinski definition) is 3. The van der Waals surface area contributed by atoms with Gasteiger partial charge in [0.25, 0.3) is 0 Å². The lowest BCUT2D eigenvalue weighted by atomic mass is 9.82. The van der Waals surface area contributed by atoms with Gasteiger partial charge in [-0.1, -0.05) is 19.3 Å². The molecule has 2 rings (SSSR count). The van der Waals surface area contributed by atoms with Crippen molar-refractivity contribution in [2.24, 2.45) is 23.5 Å². The van der Waals surface area contributed by atoms with E-state index in [-0.39, 0.29) is 24.3 Å². The van der Waals surface area contributed by atoms with E-state index in [2.05, 4.69) is 5.32 Å². The van der Waals surface area contributed by atoms with E-state index in [1.165, 1.54) is 6.42 Å². The van der Waals surface area contributed by atoms with Gasteiger partial charge in [-0.25, -0.2) is 0 Å². The molecule has 2 amide bonds. The van der Waals surface area contributed by atoms with Crippen molar-refractivity contribution in [3.8, 4) is 0 Å². The van der Waals surface area contributed by atoms with Gasteiger partial charge in [0.05, 0.1) is 5.92 Å². The van der Waals surface area contributed by atoms with E-state index in [1.807, 2.05) is 0 Å². The maximum absolute atomic E-state index is 12.4. The summed E-state index contributed by atoms with van der Waals surface area (Å²) in [5.74, 6) is -1.69. The fourth-order valence-corrected chi connectivity index (χ4v) is 3.83. The third kappa shape index (κ3) is 4.45. The Morgan fingerprint density at radius 3 is 2.23 bits per heavy atom. The molecule has 2 fully saturated rings. The van der Waals surface area contributed by atoms with Gasteiger partial charge in [0.1, 0.15) is 0 Å². The van der Waals surface area contributed by atoms with Crippen LogP contribution in [-0.4, -0.2) is 28.9 Å². The molecule has 6 nitrogen and oxygen atoms in total. The molecular formula is C16H26N2O4. The van der Waals surface area contributed by atoms with Crippen LogP contribution in [0.1, 0.15) is 57.8 Å². The van der Waals surface area contributed by atoms with E-state index in [9.17, 15) is 14.4 Å². The highest BCUT2D eigenvalue weighted by Gasteiger charge is 2.35. The smallest absolute Gasteiger partial charge is 0.306 e. The first-order valence-electron chi connectivity index (χ1n) is 8.29. The van der Waals surface area contributed by atoms with E-state index in [0.29, 0.717) is 25.2 Å². The Balaban J connectivity index is 1.92. The van der Waals surface area contributed by atoms with Crippen LogP contribution >= 0.6 is 0 Å². The number of primary amides is 1. The van der Waals surface area contributed by atoms with Crippen LogP contribution in [-0.2, 0) is 14.4 Å². The Morgan fingerprint density at radius 1 is 1.05 bits per heavy atom. The number of amides is 2. The van der Waals surface area contributed by atoms with E-state index in [0.717, 1.165) is 25.7 Å². The number of carbonyl (C=O) groups excluding carboxylic acids is 2. The van der Waals surface area contributed by atoms with Crippen molar-refractivity contribution >= 4 is 17.8 Å². The lowest BCUT2D eigenvalue weighted by Gasteiger charge is -2.31.